The minimum atomic E-state index is -3.67. The summed E-state index contributed by atoms with van der Waals surface area (Å²) in [6.07, 6.45) is 6.82. The first-order valence-electron chi connectivity index (χ1n) is 11.2. The average Bonchev–Trinajstić information content (AvgIpc) is 3.01. The molecule has 0 radical (unpaired) electrons. The molecule has 0 aliphatic carbocycles. The molecular formula is C27H33BF4N2. The van der Waals surface area contributed by atoms with Crippen LogP contribution in [0.1, 0.15) is 49.9 Å². The highest BCUT2D eigenvalue weighted by Gasteiger charge is 2.43. The lowest BCUT2D eigenvalue weighted by Crippen LogP contribution is -3.00. The molecule has 0 unspecified atom stereocenters. The van der Waals surface area contributed by atoms with E-state index in [1.165, 1.54) is 45.0 Å². The molecule has 0 bridgehead atoms. The molecule has 0 saturated heterocycles. The molecule has 2 aromatic carbocycles. The van der Waals surface area contributed by atoms with Crippen LogP contribution in [-0.4, -0.2) is 31.9 Å². The van der Waals surface area contributed by atoms with Crippen LogP contribution in [0, 0.1) is 13.8 Å². The van der Waals surface area contributed by atoms with Crippen LogP contribution in [0.15, 0.2) is 60.3 Å². The van der Waals surface area contributed by atoms with Crippen LogP contribution in [0.5, 0.6) is 0 Å². The van der Waals surface area contributed by atoms with Crippen LogP contribution < -0.4 is 9.60 Å². The Morgan fingerprint density at radius 2 is 1.41 bits per heavy atom. The maximum Gasteiger partial charge on any atom is 0.762 e. The zero-order chi connectivity index (χ0) is 24.7. The molecule has 0 atom stereocenters. The molecule has 34 heavy (non-hydrogen) atoms. The average molecular weight is 472 g/mol. The predicted molar refractivity (Wildman–Crippen MR) is 134 cm³/mol. The smallest absolute Gasteiger partial charge is 0.762 e. The summed E-state index contributed by atoms with van der Waals surface area (Å²) in [5.41, 5.74) is 10.8. The van der Waals surface area contributed by atoms with Crippen LogP contribution in [-0.2, 0) is 10.8 Å². The maximum atomic E-state index is 9.67. The number of rotatable bonds is 2. The summed E-state index contributed by atoms with van der Waals surface area (Å²) < 4.78 is 31.3. The third kappa shape index (κ3) is 4.84. The van der Waals surface area contributed by atoms with Gasteiger partial charge in [0.2, 0.25) is 5.69 Å². The zero-order valence-electron chi connectivity index (χ0n) is 21.2. The number of aryl methyl sites for hydroxylation is 2. The quantitative estimate of drug-likeness (QED) is 0.363. The highest BCUT2D eigenvalue weighted by molar-refractivity contribution is 6.33. The summed E-state index contributed by atoms with van der Waals surface area (Å²) in [6, 6.07) is 13.6. The Hall–Kier alpha value is -2.83. The largest absolute Gasteiger partial charge is 1.00 e. The van der Waals surface area contributed by atoms with Crippen molar-refractivity contribution in [2.75, 3.05) is 19.0 Å². The molecule has 182 valence electrons. The van der Waals surface area contributed by atoms with Gasteiger partial charge < -0.3 is 9.60 Å². The van der Waals surface area contributed by atoms with Gasteiger partial charge in [-0.25, -0.2) is 0 Å². The molecule has 0 fully saturated rings. The van der Waals surface area contributed by atoms with Crippen molar-refractivity contribution in [2.45, 2.75) is 52.4 Å². The van der Waals surface area contributed by atoms with Crippen molar-refractivity contribution < 1.29 is 22.2 Å². The zero-order valence-corrected chi connectivity index (χ0v) is 21.2. The van der Waals surface area contributed by atoms with Crippen molar-refractivity contribution in [1.29, 1.82) is 0 Å². The normalized spacial score (nSPS) is 18.4. The van der Waals surface area contributed by atoms with Crippen LogP contribution in [0.4, 0.5) is 24.3 Å². The second-order valence-corrected chi connectivity index (χ2v) is 9.95. The molecule has 2 aromatic rings. The molecule has 7 heteroatoms. The molecule has 2 aliphatic heterocycles. The number of hydrogen-bond donors (Lipinski definition) is 0. The summed E-state index contributed by atoms with van der Waals surface area (Å²) in [5, 5.41) is 0. The van der Waals surface area contributed by atoms with Gasteiger partial charge in [-0.2, -0.15) is 4.58 Å². The van der Waals surface area contributed by atoms with Crippen LogP contribution in [0.3, 0.4) is 0 Å². The van der Waals surface area contributed by atoms with Crippen molar-refractivity contribution in [3.8, 4) is 0 Å². The number of benzene rings is 2. The Kier molecular flexibility index (Phi) is 7.91. The number of halogens is 4. The third-order valence-electron chi connectivity index (χ3n) is 6.89. The van der Waals surface area contributed by atoms with E-state index in [0.717, 1.165) is 0 Å². The van der Waals surface area contributed by atoms with E-state index in [1.807, 2.05) is 0 Å². The van der Waals surface area contributed by atoms with E-state index < -0.39 is 7.54 Å². The van der Waals surface area contributed by atoms with E-state index in [-0.39, 0.29) is 15.5 Å². The standard InChI is InChI=1S/C27H33N2.BF3.FH/c1-18-12-14-22-20(16-18)26(3,4)24(28(22)7)10-9-11-25-27(5,6)21-17-19(2)13-15-23(21)29(25)8;2-1(3)4;/h9-17H,1-8H3;;1H/q+1;;/p-1. The number of allylic oxidation sites excluding steroid dienone is 4. The van der Waals surface area contributed by atoms with Crippen molar-refractivity contribution in [3.63, 3.8) is 0 Å². The van der Waals surface area contributed by atoms with Gasteiger partial charge in [0.1, 0.15) is 7.05 Å². The molecular weight excluding hydrogens is 439 g/mol. The molecule has 0 aromatic heterocycles. The first kappa shape index (κ1) is 27.4. The van der Waals surface area contributed by atoms with Crippen LogP contribution >= 0.6 is 0 Å². The number of likely N-dealkylation sites (N-methyl/N-ethyl adjacent to an activating group) is 1. The van der Waals surface area contributed by atoms with E-state index in [0.29, 0.717) is 0 Å². The van der Waals surface area contributed by atoms with E-state index in [9.17, 15) is 12.9 Å². The predicted octanol–water partition coefficient (Wildman–Crippen LogP) is 4.06. The number of anilines is 1. The second-order valence-electron chi connectivity index (χ2n) is 9.95. The number of hydrogen-bond acceptors (Lipinski definition) is 1. The number of fused-ring (bicyclic) bond motifs is 2. The van der Waals surface area contributed by atoms with Gasteiger partial charge in [-0.15, -0.1) is 0 Å². The van der Waals surface area contributed by atoms with Crippen molar-refractivity contribution in [3.05, 3.63) is 82.6 Å². The minimum absolute atomic E-state index is 0. The molecule has 4 rings (SSSR count). The molecule has 0 spiro atoms. The highest BCUT2D eigenvalue weighted by atomic mass is 19.4. The summed E-state index contributed by atoms with van der Waals surface area (Å²) in [6.45, 7) is 13.6. The van der Waals surface area contributed by atoms with E-state index in [4.69, 9.17) is 0 Å². The lowest BCUT2D eigenvalue weighted by molar-refractivity contribution is -0.401. The SMILES string of the molecule is Cc1ccc2c(c1)C(C)(C)C(/C=C/C=C1/N(C)c3ccc(C)cc3C1(C)C)=[N+]2C.FB(F)F.[F-]. The lowest BCUT2D eigenvalue weighted by atomic mass is 9.80. The van der Waals surface area contributed by atoms with Gasteiger partial charge in [0.05, 0.1) is 5.41 Å². The van der Waals surface area contributed by atoms with Gasteiger partial charge in [-0.3, -0.25) is 12.9 Å². The van der Waals surface area contributed by atoms with Crippen molar-refractivity contribution in [2.24, 2.45) is 0 Å². The summed E-state index contributed by atoms with van der Waals surface area (Å²) >= 11 is 0. The molecule has 0 saturated carbocycles. The van der Waals surface area contributed by atoms with E-state index >= 15 is 0 Å². The van der Waals surface area contributed by atoms with Crippen LogP contribution in [0.25, 0.3) is 0 Å². The summed E-state index contributed by atoms with van der Waals surface area (Å²) in [5.74, 6) is 0. The number of nitrogens with zero attached hydrogens (tertiary/aromatic N) is 2. The monoisotopic (exact) mass is 472 g/mol. The fourth-order valence-corrected chi connectivity index (χ4v) is 5.13. The maximum absolute atomic E-state index is 9.67. The molecule has 2 aliphatic rings. The van der Waals surface area contributed by atoms with Crippen LogP contribution in [0.2, 0.25) is 0 Å². The fourth-order valence-electron chi connectivity index (χ4n) is 5.13. The van der Waals surface area contributed by atoms with Gasteiger partial charge in [0.25, 0.3) is 0 Å². The summed E-state index contributed by atoms with van der Waals surface area (Å²) in [7, 11) is 0.694. The lowest BCUT2D eigenvalue weighted by Gasteiger charge is -2.23. The Morgan fingerprint density at radius 3 is 2.00 bits per heavy atom. The fraction of sp³-hybridized carbons (Fsp3) is 0.370. The third-order valence-corrected chi connectivity index (χ3v) is 6.89. The Bertz CT molecular complexity index is 1160. The highest BCUT2D eigenvalue weighted by Crippen LogP contribution is 2.47. The molecule has 2 nitrogen and oxygen atoms in total. The second kappa shape index (κ2) is 9.81. The van der Waals surface area contributed by atoms with Gasteiger partial charge >= 0.3 is 7.54 Å². The Morgan fingerprint density at radius 1 is 0.882 bits per heavy atom. The first-order chi connectivity index (χ1) is 15.3. The summed E-state index contributed by atoms with van der Waals surface area (Å²) in [4.78, 5) is 2.34. The van der Waals surface area contributed by atoms with Crippen molar-refractivity contribution >= 4 is 24.6 Å². The molecule has 0 amide bonds. The first-order valence-corrected chi connectivity index (χ1v) is 11.2. The van der Waals surface area contributed by atoms with Gasteiger partial charge in [-0.1, -0.05) is 49.2 Å². The molecule has 2 heterocycles. The van der Waals surface area contributed by atoms with E-state index in [2.05, 4.69) is 120 Å². The van der Waals surface area contributed by atoms with E-state index in [1.54, 1.807) is 0 Å². The Balaban J connectivity index is 0.000000758. The topological polar surface area (TPSA) is 6.25 Å². The molecule has 0 N–H and O–H groups in total. The van der Waals surface area contributed by atoms with Crippen molar-refractivity contribution in [1.82, 2.24) is 0 Å². The Labute approximate surface area is 201 Å². The van der Waals surface area contributed by atoms with Gasteiger partial charge in [0.15, 0.2) is 5.71 Å². The minimum Gasteiger partial charge on any atom is -1.00 e. The van der Waals surface area contributed by atoms with Gasteiger partial charge in [0, 0.05) is 41.6 Å². The van der Waals surface area contributed by atoms with Gasteiger partial charge in [-0.05, 0) is 51.5 Å².